The summed E-state index contributed by atoms with van der Waals surface area (Å²) in [7, 11) is 1.51. The summed E-state index contributed by atoms with van der Waals surface area (Å²) in [6.07, 6.45) is 0. The van der Waals surface area contributed by atoms with E-state index in [0.717, 1.165) is 22.9 Å². The molecule has 5 heteroatoms. The lowest BCUT2D eigenvalue weighted by molar-refractivity contribution is -0.116. The van der Waals surface area contributed by atoms with E-state index >= 15 is 0 Å². The lowest BCUT2D eigenvalue weighted by Gasteiger charge is -2.17. The molecule has 0 aliphatic carbocycles. The van der Waals surface area contributed by atoms with Gasteiger partial charge in [-0.25, -0.2) is 4.39 Å². The topological polar surface area (TPSA) is 49.4 Å². The number of nitrogens with one attached hydrogen (secondary N) is 1. The number of nitrogens with zero attached hydrogens (tertiary/aromatic N) is 1. The van der Waals surface area contributed by atoms with Gasteiger partial charge >= 0.3 is 0 Å². The molecule has 0 aliphatic heterocycles. The Morgan fingerprint density at radius 2 is 1.87 bits per heavy atom. The highest BCUT2D eigenvalue weighted by Gasteiger charge is 2.16. The molecule has 1 N–H and O–H groups in total. The van der Waals surface area contributed by atoms with Gasteiger partial charge in [0.15, 0.2) is 0 Å². The van der Waals surface area contributed by atoms with Crippen molar-refractivity contribution in [2.45, 2.75) is 13.8 Å². The maximum atomic E-state index is 13.2. The third-order valence-electron chi connectivity index (χ3n) is 3.47. The molecule has 120 valence electrons. The molecule has 2 rings (SSSR count). The second-order valence-corrected chi connectivity index (χ2v) is 5.54. The largest absolute Gasteiger partial charge is 0.332 e. The van der Waals surface area contributed by atoms with E-state index in [1.807, 2.05) is 32.0 Å². The zero-order valence-electron chi connectivity index (χ0n) is 13.4. The molecule has 0 bridgehead atoms. The molecular formula is C18H19FN2O2. The fourth-order valence-corrected chi connectivity index (χ4v) is 2.19. The minimum Gasteiger partial charge on any atom is -0.332 e. The summed E-state index contributed by atoms with van der Waals surface area (Å²) in [4.78, 5) is 25.6. The number of halogens is 1. The third-order valence-corrected chi connectivity index (χ3v) is 3.47. The van der Waals surface area contributed by atoms with Crippen LogP contribution in [0.4, 0.5) is 10.1 Å². The first kappa shape index (κ1) is 16.7. The van der Waals surface area contributed by atoms with Crippen molar-refractivity contribution < 1.29 is 14.0 Å². The van der Waals surface area contributed by atoms with Gasteiger partial charge in [0.25, 0.3) is 5.91 Å². The molecule has 0 saturated carbocycles. The van der Waals surface area contributed by atoms with E-state index < -0.39 is 11.7 Å². The summed E-state index contributed by atoms with van der Waals surface area (Å²) in [5.41, 5.74) is 2.92. The summed E-state index contributed by atoms with van der Waals surface area (Å²) >= 11 is 0. The molecule has 4 nitrogen and oxygen atoms in total. The molecular weight excluding hydrogens is 295 g/mol. The Bertz CT molecular complexity index is 744. The first-order valence-electron chi connectivity index (χ1n) is 7.25. The number of hydrogen-bond acceptors (Lipinski definition) is 2. The van der Waals surface area contributed by atoms with E-state index in [1.165, 1.54) is 30.1 Å². The molecule has 2 aromatic rings. The highest BCUT2D eigenvalue weighted by molar-refractivity contribution is 5.99. The van der Waals surface area contributed by atoms with Crippen LogP contribution in [0, 0.1) is 19.7 Å². The molecule has 0 aromatic heterocycles. The quantitative estimate of drug-likeness (QED) is 0.942. The molecule has 2 aromatic carbocycles. The first-order valence-corrected chi connectivity index (χ1v) is 7.25. The van der Waals surface area contributed by atoms with E-state index in [9.17, 15) is 14.0 Å². The van der Waals surface area contributed by atoms with Gasteiger partial charge in [-0.15, -0.1) is 0 Å². The van der Waals surface area contributed by atoms with Crippen LogP contribution < -0.4 is 5.32 Å². The highest BCUT2D eigenvalue weighted by atomic mass is 19.1. The summed E-state index contributed by atoms with van der Waals surface area (Å²) in [6, 6.07) is 11.2. The minimum absolute atomic E-state index is 0.108. The number of rotatable bonds is 4. The van der Waals surface area contributed by atoms with Crippen molar-refractivity contribution in [3.63, 3.8) is 0 Å². The van der Waals surface area contributed by atoms with Crippen LogP contribution in [0.3, 0.4) is 0 Å². The van der Waals surface area contributed by atoms with Gasteiger partial charge in [-0.05, 0) is 49.2 Å². The molecule has 0 saturated heterocycles. The Balaban J connectivity index is 2.02. The van der Waals surface area contributed by atoms with E-state index in [0.29, 0.717) is 0 Å². The smallest absolute Gasteiger partial charge is 0.254 e. The van der Waals surface area contributed by atoms with Crippen LogP contribution in [0.25, 0.3) is 0 Å². The van der Waals surface area contributed by atoms with Crippen LogP contribution in [-0.2, 0) is 4.79 Å². The van der Waals surface area contributed by atoms with Crippen LogP contribution in [0.1, 0.15) is 21.5 Å². The normalized spacial score (nSPS) is 10.3. The fraction of sp³-hybridized carbons (Fsp3) is 0.222. The van der Waals surface area contributed by atoms with Gasteiger partial charge in [-0.1, -0.05) is 18.2 Å². The standard InChI is InChI=1S/C18H19FN2O2/c1-12-7-8-13(2)16(9-12)20-17(22)11-21(3)18(23)14-5-4-6-15(19)10-14/h4-10H,11H2,1-3H3,(H,20,22). The van der Waals surface area contributed by atoms with E-state index in [2.05, 4.69) is 5.32 Å². The average Bonchev–Trinajstić information content (AvgIpc) is 2.50. The number of likely N-dealkylation sites (N-methyl/N-ethyl adjacent to an activating group) is 1. The molecule has 23 heavy (non-hydrogen) atoms. The second kappa shape index (κ2) is 7.05. The molecule has 0 heterocycles. The number of aryl methyl sites for hydroxylation is 2. The van der Waals surface area contributed by atoms with Gasteiger partial charge < -0.3 is 10.2 Å². The maximum Gasteiger partial charge on any atom is 0.254 e. The van der Waals surface area contributed by atoms with Crippen molar-refractivity contribution in [1.82, 2.24) is 4.90 Å². The van der Waals surface area contributed by atoms with Crippen molar-refractivity contribution >= 4 is 17.5 Å². The number of carbonyl (C=O) groups excluding carboxylic acids is 2. The van der Waals surface area contributed by atoms with Gasteiger partial charge in [0.2, 0.25) is 5.91 Å². The number of carbonyl (C=O) groups is 2. The Labute approximate surface area is 134 Å². The SMILES string of the molecule is Cc1ccc(C)c(NC(=O)CN(C)C(=O)c2cccc(F)c2)c1. The highest BCUT2D eigenvalue weighted by Crippen LogP contribution is 2.16. The van der Waals surface area contributed by atoms with Crippen molar-refractivity contribution in [3.8, 4) is 0 Å². The van der Waals surface area contributed by atoms with Gasteiger partial charge in [-0.3, -0.25) is 9.59 Å². The Kier molecular flexibility index (Phi) is 5.11. The molecule has 0 radical (unpaired) electrons. The summed E-state index contributed by atoms with van der Waals surface area (Å²) in [5.74, 6) is -1.18. The Morgan fingerprint density at radius 1 is 1.13 bits per heavy atom. The van der Waals surface area contributed by atoms with Crippen molar-refractivity contribution in [2.24, 2.45) is 0 Å². The molecule has 2 amide bonds. The Hall–Kier alpha value is -2.69. The van der Waals surface area contributed by atoms with Crippen molar-refractivity contribution in [1.29, 1.82) is 0 Å². The monoisotopic (exact) mass is 314 g/mol. The van der Waals surface area contributed by atoms with Crippen LogP contribution in [-0.4, -0.2) is 30.3 Å². The van der Waals surface area contributed by atoms with Gasteiger partial charge in [0.05, 0.1) is 6.54 Å². The van der Waals surface area contributed by atoms with Gasteiger partial charge in [0, 0.05) is 18.3 Å². The van der Waals surface area contributed by atoms with Crippen LogP contribution >= 0.6 is 0 Å². The molecule has 0 fully saturated rings. The summed E-state index contributed by atoms with van der Waals surface area (Å²) in [6.45, 7) is 3.73. The Morgan fingerprint density at radius 3 is 2.57 bits per heavy atom. The zero-order chi connectivity index (χ0) is 17.0. The third kappa shape index (κ3) is 4.39. The van der Waals surface area contributed by atoms with E-state index in [4.69, 9.17) is 0 Å². The maximum absolute atomic E-state index is 13.2. The van der Waals surface area contributed by atoms with Gasteiger partial charge in [0.1, 0.15) is 5.82 Å². The minimum atomic E-state index is -0.482. The lowest BCUT2D eigenvalue weighted by Crippen LogP contribution is -2.35. The van der Waals surface area contributed by atoms with Crippen molar-refractivity contribution in [3.05, 3.63) is 65.0 Å². The summed E-state index contributed by atoms with van der Waals surface area (Å²) in [5, 5.41) is 2.79. The predicted octanol–water partition coefficient (Wildman–Crippen LogP) is 3.15. The first-order chi connectivity index (χ1) is 10.9. The molecule has 0 unspecified atom stereocenters. The number of amides is 2. The average molecular weight is 314 g/mol. The molecule has 0 aliphatic rings. The van der Waals surface area contributed by atoms with Crippen LogP contribution in [0.15, 0.2) is 42.5 Å². The van der Waals surface area contributed by atoms with E-state index in [1.54, 1.807) is 0 Å². The van der Waals surface area contributed by atoms with Crippen molar-refractivity contribution in [2.75, 3.05) is 18.9 Å². The summed E-state index contributed by atoms with van der Waals surface area (Å²) < 4.78 is 13.2. The lowest BCUT2D eigenvalue weighted by atomic mass is 10.1. The van der Waals surface area contributed by atoms with Gasteiger partial charge in [-0.2, -0.15) is 0 Å². The predicted molar refractivity (Wildman–Crippen MR) is 87.9 cm³/mol. The van der Waals surface area contributed by atoms with E-state index in [-0.39, 0.29) is 18.0 Å². The number of benzene rings is 2. The van der Waals surface area contributed by atoms with Crippen LogP contribution in [0.5, 0.6) is 0 Å². The second-order valence-electron chi connectivity index (χ2n) is 5.54. The number of anilines is 1. The molecule has 0 atom stereocenters. The number of hydrogen-bond donors (Lipinski definition) is 1. The van der Waals surface area contributed by atoms with Crippen LogP contribution in [0.2, 0.25) is 0 Å². The zero-order valence-corrected chi connectivity index (χ0v) is 13.4. The molecule has 0 spiro atoms. The fourth-order valence-electron chi connectivity index (χ4n) is 2.19.